The van der Waals surface area contributed by atoms with E-state index < -0.39 is 24.2 Å². The van der Waals surface area contributed by atoms with Gasteiger partial charge in [-0.3, -0.25) is 0 Å². The Morgan fingerprint density at radius 2 is 1.97 bits per heavy atom. The molecule has 0 fully saturated rings. The summed E-state index contributed by atoms with van der Waals surface area (Å²) in [7, 11) is 0. The minimum Gasteiger partial charge on any atom is -0.376 e. The third-order valence-corrected chi connectivity index (χ3v) is 5.95. The normalized spacial score (nSPS) is 18.5. The molecule has 1 atom stereocenters. The Morgan fingerprint density at radius 1 is 1.23 bits per heavy atom. The standard InChI is InChI=1S/C20H16Cl2F3N3O2/c21-14-8-13-12(5-6-19(13,30)20(23,24)25)16(22)17(14)28-18(29)26-9-11-7-10-3-1-2-4-15(10)27-11/h1-4,7-8,27,30H,5-6,9H2,(H2,26,28,29). The zero-order valence-corrected chi connectivity index (χ0v) is 16.8. The highest BCUT2D eigenvalue weighted by Crippen LogP contribution is 2.52. The van der Waals surface area contributed by atoms with E-state index in [9.17, 15) is 23.1 Å². The number of H-pyrrole nitrogens is 1. The van der Waals surface area contributed by atoms with Crippen LogP contribution in [0.2, 0.25) is 10.0 Å². The lowest BCUT2D eigenvalue weighted by Crippen LogP contribution is -2.40. The van der Waals surface area contributed by atoms with Crippen molar-refractivity contribution in [3.05, 3.63) is 63.3 Å². The Morgan fingerprint density at radius 3 is 2.67 bits per heavy atom. The lowest BCUT2D eigenvalue weighted by atomic mass is 9.95. The van der Waals surface area contributed by atoms with Crippen molar-refractivity contribution in [1.82, 2.24) is 10.3 Å². The van der Waals surface area contributed by atoms with Gasteiger partial charge in [-0.1, -0.05) is 41.4 Å². The van der Waals surface area contributed by atoms with Crippen molar-refractivity contribution >= 4 is 45.8 Å². The summed E-state index contributed by atoms with van der Waals surface area (Å²) in [6.45, 7) is 0.189. The number of aromatic amines is 1. The predicted octanol–water partition coefficient (Wildman–Crippen LogP) is 5.49. The number of alkyl halides is 3. The van der Waals surface area contributed by atoms with Gasteiger partial charge in [0, 0.05) is 11.2 Å². The number of nitrogens with one attached hydrogen (secondary N) is 3. The second-order valence-electron chi connectivity index (χ2n) is 7.12. The number of hydrogen-bond acceptors (Lipinski definition) is 2. The van der Waals surface area contributed by atoms with Crippen LogP contribution in [-0.2, 0) is 18.6 Å². The van der Waals surface area contributed by atoms with E-state index in [1.165, 1.54) is 0 Å². The van der Waals surface area contributed by atoms with E-state index in [2.05, 4.69) is 15.6 Å². The maximum atomic E-state index is 13.3. The van der Waals surface area contributed by atoms with Crippen molar-refractivity contribution in [3.63, 3.8) is 0 Å². The number of amides is 2. The number of halogens is 5. The summed E-state index contributed by atoms with van der Waals surface area (Å²) in [4.78, 5) is 15.5. The number of fused-ring (bicyclic) bond motifs is 2. The molecule has 3 aromatic rings. The van der Waals surface area contributed by atoms with Crippen LogP contribution in [0.3, 0.4) is 0 Å². The fourth-order valence-corrected chi connectivity index (χ4v) is 4.33. The van der Waals surface area contributed by atoms with Crippen LogP contribution in [0.25, 0.3) is 10.9 Å². The summed E-state index contributed by atoms with van der Waals surface area (Å²) in [5, 5.41) is 16.0. The fourth-order valence-electron chi connectivity index (χ4n) is 3.68. The van der Waals surface area contributed by atoms with Gasteiger partial charge in [0.25, 0.3) is 0 Å². The second-order valence-corrected chi connectivity index (χ2v) is 7.91. The molecular formula is C20H16Cl2F3N3O2. The maximum Gasteiger partial charge on any atom is 0.421 e. The molecule has 1 unspecified atom stereocenters. The van der Waals surface area contributed by atoms with Gasteiger partial charge in [0.2, 0.25) is 0 Å². The van der Waals surface area contributed by atoms with Crippen molar-refractivity contribution in [2.45, 2.75) is 31.2 Å². The Hall–Kier alpha value is -2.42. The van der Waals surface area contributed by atoms with Gasteiger partial charge in [-0.05, 0) is 47.6 Å². The first-order valence-electron chi connectivity index (χ1n) is 9.02. The monoisotopic (exact) mass is 457 g/mol. The Kier molecular flexibility index (Phi) is 5.12. The minimum absolute atomic E-state index is 0.00217. The SMILES string of the molecule is O=C(NCc1cc2ccccc2[nH]1)Nc1c(Cl)cc2c(c1Cl)CCC2(O)C(F)(F)F. The largest absolute Gasteiger partial charge is 0.421 e. The van der Waals surface area contributed by atoms with E-state index in [1.807, 2.05) is 30.3 Å². The molecule has 158 valence electrons. The molecular weight excluding hydrogens is 442 g/mol. The molecule has 4 rings (SSSR count). The molecule has 0 saturated heterocycles. The van der Waals surface area contributed by atoms with E-state index >= 15 is 0 Å². The fraction of sp³-hybridized carbons (Fsp3) is 0.250. The molecule has 0 radical (unpaired) electrons. The molecule has 0 aliphatic heterocycles. The number of hydrogen-bond donors (Lipinski definition) is 4. The first kappa shape index (κ1) is 20.8. The molecule has 4 N–H and O–H groups in total. The molecule has 1 aliphatic rings. The van der Waals surface area contributed by atoms with Crippen molar-refractivity contribution in [3.8, 4) is 0 Å². The van der Waals surface area contributed by atoms with E-state index in [0.717, 1.165) is 22.7 Å². The van der Waals surface area contributed by atoms with Gasteiger partial charge >= 0.3 is 12.2 Å². The second kappa shape index (κ2) is 7.37. The summed E-state index contributed by atoms with van der Waals surface area (Å²) in [5.74, 6) is 0. The topological polar surface area (TPSA) is 77.2 Å². The van der Waals surface area contributed by atoms with E-state index in [4.69, 9.17) is 23.2 Å². The molecule has 1 aromatic heterocycles. The van der Waals surface area contributed by atoms with Gasteiger partial charge in [0.1, 0.15) is 0 Å². The molecule has 0 saturated carbocycles. The first-order chi connectivity index (χ1) is 14.1. The first-order valence-corrected chi connectivity index (χ1v) is 9.77. The molecule has 0 bridgehead atoms. The average molecular weight is 458 g/mol. The number of benzene rings is 2. The number of aliphatic hydroxyl groups is 1. The van der Waals surface area contributed by atoms with Gasteiger partial charge in [0.05, 0.1) is 22.3 Å². The summed E-state index contributed by atoms with van der Waals surface area (Å²) in [6, 6.07) is 9.91. The average Bonchev–Trinajstić information content (AvgIpc) is 3.25. The van der Waals surface area contributed by atoms with Crippen LogP contribution in [0.15, 0.2) is 36.4 Å². The number of rotatable bonds is 3. The zero-order valence-electron chi connectivity index (χ0n) is 15.3. The minimum atomic E-state index is -4.86. The highest BCUT2D eigenvalue weighted by Gasteiger charge is 2.58. The molecule has 0 spiro atoms. The number of anilines is 1. The Balaban J connectivity index is 1.51. The number of urea groups is 1. The Labute approximate surface area is 179 Å². The smallest absolute Gasteiger partial charge is 0.376 e. The van der Waals surface area contributed by atoms with Crippen molar-refractivity contribution in [2.75, 3.05) is 5.32 Å². The number of para-hydroxylation sites is 1. The molecule has 1 aliphatic carbocycles. The number of carbonyl (C=O) groups is 1. The van der Waals surface area contributed by atoms with Crippen LogP contribution in [0.1, 0.15) is 23.2 Å². The van der Waals surface area contributed by atoms with Crippen LogP contribution < -0.4 is 10.6 Å². The third kappa shape index (κ3) is 3.49. The Bertz CT molecular complexity index is 1110. The maximum absolute atomic E-state index is 13.3. The predicted molar refractivity (Wildman–Crippen MR) is 109 cm³/mol. The van der Waals surface area contributed by atoms with Crippen LogP contribution in [0.4, 0.5) is 23.7 Å². The zero-order chi connectivity index (χ0) is 21.7. The van der Waals surface area contributed by atoms with E-state index in [-0.39, 0.29) is 39.8 Å². The summed E-state index contributed by atoms with van der Waals surface area (Å²) in [5.41, 5.74) is -1.57. The molecule has 30 heavy (non-hydrogen) atoms. The molecule has 2 aromatic carbocycles. The van der Waals surface area contributed by atoms with Crippen LogP contribution in [-0.4, -0.2) is 22.3 Å². The highest BCUT2D eigenvalue weighted by atomic mass is 35.5. The molecule has 10 heteroatoms. The highest BCUT2D eigenvalue weighted by molar-refractivity contribution is 6.40. The van der Waals surface area contributed by atoms with E-state index in [1.54, 1.807) is 0 Å². The van der Waals surface area contributed by atoms with Gasteiger partial charge in [0.15, 0.2) is 5.60 Å². The summed E-state index contributed by atoms with van der Waals surface area (Å²) >= 11 is 12.3. The third-order valence-electron chi connectivity index (χ3n) is 5.23. The van der Waals surface area contributed by atoms with Gasteiger partial charge in [-0.25, -0.2) is 4.79 Å². The lowest BCUT2D eigenvalue weighted by molar-refractivity contribution is -0.265. The van der Waals surface area contributed by atoms with Crippen molar-refractivity contribution < 1.29 is 23.1 Å². The van der Waals surface area contributed by atoms with Crippen LogP contribution in [0, 0.1) is 0 Å². The van der Waals surface area contributed by atoms with Gasteiger partial charge in [-0.15, -0.1) is 0 Å². The molecule has 2 amide bonds. The van der Waals surface area contributed by atoms with Crippen molar-refractivity contribution in [1.29, 1.82) is 0 Å². The summed E-state index contributed by atoms with van der Waals surface area (Å²) in [6.07, 6.45) is -5.51. The van der Waals surface area contributed by atoms with Gasteiger partial charge < -0.3 is 20.7 Å². The number of aromatic nitrogens is 1. The molecule has 5 nitrogen and oxygen atoms in total. The quantitative estimate of drug-likeness (QED) is 0.419. The van der Waals surface area contributed by atoms with Gasteiger partial charge in [-0.2, -0.15) is 13.2 Å². The van der Waals surface area contributed by atoms with Crippen LogP contribution in [0.5, 0.6) is 0 Å². The van der Waals surface area contributed by atoms with Crippen molar-refractivity contribution in [2.24, 2.45) is 0 Å². The van der Waals surface area contributed by atoms with E-state index in [0.29, 0.717) is 0 Å². The number of carbonyl (C=O) groups excluding carboxylic acids is 1. The lowest BCUT2D eigenvalue weighted by Gasteiger charge is -2.27. The molecule has 1 heterocycles. The van der Waals surface area contributed by atoms with Crippen LogP contribution >= 0.6 is 23.2 Å². The summed E-state index contributed by atoms with van der Waals surface area (Å²) < 4.78 is 40.0.